The van der Waals surface area contributed by atoms with Gasteiger partial charge in [-0.05, 0) is 0 Å². The summed E-state index contributed by atoms with van der Waals surface area (Å²) in [6.07, 6.45) is -3.85. The zero-order valence-electron chi connectivity index (χ0n) is 4.76. The third-order valence-corrected chi connectivity index (χ3v) is 1.02. The van der Waals surface area contributed by atoms with Crippen molar-refractivity contribution in [2.45, 2.75) is 6.18 Å². The van der Waals surface area contributed by atoms with Crippen molar-refractivity contribution < 1.29 is 21.9 Å². The molecule has 6 heteroatoms. The van der Waals surface area contributed by atoms with Gasteiger partial charge < -0.3 is 4.55 Å². The molecule has 0 aliphatic heterocycles. The molecular weight excluding hydrogens is 169 g/mol. The molecule has 1 atom stereocenters. The quantitative estimate of drug-likeness (QED) is 0.506. The van der Waals surface area contributed by atoms with Gasteiger partial charge in [-0.15, -0.1) is 0 Å². The Morgan fingerprint density at radius 3 is 2.30 bits per heavy atom. The molecule has 1 unspecified atom stereocenters. The van der Waals surface area contributed by atoms with Crippen LogP contribution >= 0.6 is 0 Å². The summed E-state index contributed by atoms with van der Waals surface area (Å²) in [6.45, 7) is 0. The van der Waals surface area contributed by atoms with Gasteiger partial charge in [-0.1, -0.05) is 6.08 Å². The second-order valence-corrected chi connectivity index (χ2v) is 2.41. The van der Waals surface area contributed by atoms with Gasteiger partial charge >= 0.3 is 6.18 Å². The minimum Gasteiger partial charge on any atom is -0.306 e. The fourth-order valence-corrected chi connectivity index (χ4v) is 0.525. The van der Waals surface area contributed by atoms with E-state index in [-0.39, 0.29) is 6.08 Å². The first-order valence-corrected chi connectivity index (χ1v) is 3.51. The number of rotatable bonds is 2. The Kier molecular flexibility index (Phi) is 3.59. The lowest BCUT2D eigenvalue weighted by atomic mass is 10.5. The molecular formula is C4H5F3O2S. The van der Waals surface area contributed by atoms with Crippen molar-refractivity contribution in [3.05, 3.63) is 12.2 Å². The molecule has 0 aromatic rings. The average molecular weight is 174 g/mol. The van der Waals surface area contributed by atoms with Crippen LogP contribution < -0.4 is 0 Å². The normalized spacial score (nSPS) is 16.0. The molecule has 10 heavy (non-hydrogen) atoms. The Bertz CT molecular complexity index is 151. The summed E-state index contributed by atoms with van der Waals surface area (Å²) in [5.41, 5.74) is 0. The molecule has 0 radical (unpaired) electrons. The summed E-state index contributed by atoms with van der Waals surface area (Å²) in [6, 6.07) is 0. The van der Waals surface area contributed by atoms with Crippen LogP contribution in [0.2, 0.25) is 0 Å². The lowest BCUT2D eigenvalue weighted by Gasteiger charge is -1.95. The first kappa shape index (κ1) is 9.64. The molecule has 0 fully saturated rings. The van der Waals surface area contributed by atoms with Gasteiger partial charge in [-0.3, -0.25) is 0 Å². The van der Waals surface area contributed by atoms with E-state index in [1.807, 2.05) is 0 Å². The van der Waals surface area contributed by atoms with E-state index in [2.05, 4.69) is 0 Å². The number of halogens is 3. The maximum atomic E-state index is 11.2. The molecule has 0 aliphatic carbocycles. The second-order valence-electron chi connectivity index (χ2n) is 1.43. The van der Waals surface area contributed by atoms with Crippen LogP contribution in [0, 0.1) is 0 Å². The monoisotopic (exact) mass is 174 g/mol. The fraction of sp³-hybridized carbons (Fsp3) is 0.500. The van der Waals surface area contributed by atoms with Gasteiger partial charge in [0, 0.05) is 6.08 Å². The molecule has 2 nitrogen and oxygen atoms in total. The van der Waals surface area contributed by atoms with Crippen LogP contribution in [0.5, 0.6) is 0 Å². The number of hydrogen-bond acceptors (Lipinski definition) is 1. The van der Waals surface area contributed by atoms with Gasteiger partial charge in [0.1, 0.15) is 0 Å². The Morgan fingerprint density at radius 2 is 2.00 bits per heavy atom. The number of allylic oxidation sites excluding steroid dienone is 1. The predicted molar refractivity (Wildman–Crippen MR) is 30.8 cm³/mol. The van der Waals surface area contributed by atoms with Crippen LogP contribution in [-0.2, 0) is 11.1 Å². The van der Waals surface area contributed by atoms with E-state index in [1.165, 1.54) is 0 Å². The van der Waals surface area contributed by atoms with Crippen LogP contribution in [0.25, 0.3) is 0 Å². The van der Waals surface area contributed by atoms with Crippen molar-refractivity contribution in [2.75, 3.05) is 5.75 Å². The molecule has 0 bridgehead atoms. The van der Waals surface area contributed by atoms with E-state index >= 15 is 0 Å². The Balaban J connectivity index is 3.67. The molecule has 0 aromatic heterocycles. The van der Waals surface area contributed by atoms with Gasteiger partial charge in [-0.25, -0.2) is 4.21 Å². The van der Waals surface area contributed by atoms with E-state index < -0.39 is 23.0 Å². The number of alkyl halides is 3. The third-order valence-electron chi connectivity index (χ3n) is 0.546. The zero-order chi connectivity index (χ0) is 8.20. The van der Waals surface area contributed by atoms with Crippen LogP contribution in [0.4, 0.5) is 13.2 Å². The van der Waals surface area contributed by atoms with Crippen LogP contribution in [0.1, 0.15) is 0 Å². The summed E-state index contributed by atoms with van der Waals surface area (Å²) in [5, 5.41) is 0. The fourth-order valence-electron chi connectivity index (χ4n) is 0.264. The highest BCUT2D eigenvalue weighted by atomic mass is 32.2. The summed E-state index contributed by atoms with van der Waals surface area (Å²) in [4.78, 5) is 0. The zero-order valence-corrected chi connectivity index (χ0v) is 5.58. The molecule has 60 valence electrons. The van der Waals surface area contributed by atoms with Crippen molar-refractivity contribution in [3.63, 3.8) is 0 Å². The summed E-state index contributed by atoms with van der Waals surface area (Å²) in [5.74, 6) is -0.487. The summed E-state index contributed by atoms with van der Waals surface area (Å²) in [7, 11) is 0. The number of hydrogen-bond donors (Lipinski definition) is 1. The highest BCUT2D eigenvalue weighted by molar-refractivity contribution is 7.79. The van der Waals surface area contributed by atoms with E-state index in [4.69, 9.17) is 4.55 Å². The van der Waals surface area contributed by atoms with Gasteiger partial charge in [0.15, 0.2) is 11.1 Å². The van der Waals surface area contributed by atoms with Crippen molar-refractivity contribution >= 4 is 11.1 Å². The molecule has 0 saturated heterocycles. The molecule has 1 N–H and O–H groups in total. The molecule has 0 amide bonds. The van der Waals surface area contributed by atoms with Crippen LogP contribution in [0.15, 0.2) is 12.2 Å². The van der Waals surface area contributed by atoms with Crippen molar-refractivity contribution in [2.24, 2.45) is 0 Å². The first-order valence-electron chi connectivity index (χ1n) is 2.24. The van der Waals surface area contributed by atoms with Crippen molar-refractivity contribution in [3.8, 4) is 0 Å². The van der Waals surface area contributed by atoms with E-state index in [9.17, 15) is 17.4 Å². The van der Waals surface area contributed by atoms with E-state index in [0.29, 0.717) is 6.08 Å². The van der Waals surface area contributed by atoms with E-state index in [0.717, 1.165) is 0 Å². The standard InChI is InChI=1S/C4H5F3O2S/c5-4(6,7)2-1-3-10(8)9/h1-2H,3H2,(H,8,9). The first-order chi connectivity index (χ1) is 4.42. The van der Waals surface area contributed by atoms with Crippen molar-refractivity contribution in [1.29, 1.82) is 0 Å². The van der Waals surface area contributed by atoms with Gasteiger partial charge in [-0.2, -0.15) is 13.2 Å². The second kappa shape index (κ2) is 3.72. The van der Waals surface area contributed by atoms with Crippen LogP contribution in [0.3, 0.4) is 0 Å². The van der Waals surface area contributed by atoms with E-state index in [1.54, 1.807) is 0 Å². The lowest BCUT2D eigenvalue weighted by molar-refractivity contribution is -0.0799. The molecule has 0 aromatic carbocycles. The molecule has 0 spiro atoms. The van der Waals surface area contributed by atoms with Gasteiger partial charge in [0.2, 0.25) is 0 Å². The lowest BCUT2D eigenvalue weighted by Crippen LogP contribution is -2.02. The van der Waals surface area contributed by atoms with Crippen molar-refractivity contribution in [1.82, 2.24) is 0 Å². The minimum absolute atomic E-state index is 0.0683. The van der Waals surface area contributed by atoms with Gasteiger partial charge in [0.05, 0.1) is 5.75 Å². The Hall–Kier alpha value is -0.360. The average Bonchev–Trinajstić information content (AvgIpc) is 1.59. The summed E-state index contributed by atoms with van der Waals surface area (Å²) < 4.78 is 51.5. The Morgan fingerprint density at radius 1 is 1.50 bits per heavy atom. The SMILES string of the molecule is O=S(O)CC=CC(F)(F)F. The maximum Gasteiger partial charge on any atom is 0.409 e. The maximum absolute atomic E-state index is 11.2. The molecule has 0 aliphatic rings. The van der Waals surface area contributed by atoms with Gasteiger partial charge in [0.25, 0.3) is 0 Å². The molecule has 0 rings (SSSR count). The summed E-state index contributed by atoms with van der Waals surface area (Å²) >= 11 is -2.19. The molecule has 0 heterocycles. The smallest absolute Gasteiger partial charge is 0.306 e. The topological polar surface area (TPSA) is 37.3 Å². The van der Waals surface area contributed by atoms with Crippen LogP contribution in [-0.4, -0.2) is 20.7 Å². The predicted octanol–water partition coefficient (Wildman–Crippen LogP) is 1.33. The highest BCUT2D eigenvalue weighted by Crippen LogP contribution is 2.15. The largest absolute Gasteiger partial charge is 0.409 e. The third kappa shape index (κ3) is 7.64. The highest BCUT2D eigenvalue weighted by Gasteiger charge is 2.21. The molecule has 0 saturated carbocycles. The Labute approximate surface area is 58.0 Å². The minimum atomic E-state index is -4.39.